The summed E-state index contributed by atoms with van der Waals surface area (Å²) in [5, 5.41) is 3.27. The van der Waals surface area contributed by atoms with Crippen LogP contribution in [0, 0.1) is 19.7 Å². The molecule has 2 heteroatoms. The summed E-state index contributed by atoms with van der Waals surface area (Å²) in [7, 11) is 0. The summed E-state index contributed by atoms with van der Waals surface area (Å²) in [4.78, 5) is 0. The molecule has 0 unspecified atom stereocenters. The van der Waals surface area contributed by atoms with Crippen LogP contribution in [0.2, 0.25) is 0 Å². The third-order valence-corrected chi connectivity index (χ3v) is 3.45. The minimum absolute atomic E-state index is 0.146. The molecule has 0 aliphatic rings. The molecule has 20 heavy (non-hydrogen) atoms. The molecule has 2 rings (SSSR count). The van der Waals surface area contributed by atoms with E-state index >= 15 is 0 Å². The largest absolute Gasteiger partial charge is 0.310 e. The zero-order chi connectivity index (χ0) is 14.7. The molecule has 0 bridgehead atoms. The Morgan fingerprint density at radius 2 is 1.80 bits per heavy atom. The van der Waals surface area contributed by atoms with Crippen molar-refractivity contribution in [3.8, 4) is 11.1 Å². The van der Waals surface area contributed by atoms with Crippen LogP contribution in [0.3, 0.4) is 0 Å². The highest BCUT2D eigenvalue weighted by atomic mass is 19.1. The summed E-state index contributed by atoms with van der Waals surface area (Å²) in [6.07, 6.45) is 0. The van der Waals surface area contributed by atoms with Crippen molar-refractivity contribution < 1.29 is 4.39 Å². The van der Waals surface area contributed by atoms with Gasteiger partial charge >= 0.3 is 0 Å². The van der Waals surface area contributed by atoms with Gasteiger partial charge < -0.3 is 5.32 Å². The Morgan fingerprint density at radius 3 is 2.50 bits per heavy atom. The minimum Gasteiger partial charge on any atom is -0.310 e. The van der Waals surface area contributed by atoms with Gasteiger partial charge in [-0.25, -0.2) is 4.39 Å². The minimum atomic E-state index is -0.146. The van der Waals surface area contributed by atoms with E-state index in [4.69, 9.17) is 0 Å². The normalized spacial score (nSPS) is 11.1. The van der Waals surface area contributed by atoms with Crippen molar-refractivity contribution in [2.24, 2.45) is 0 Å². The quantitative estimate of drug-likeness (QED) is 0.856. The molecule has 2 aromatic rings. The molecular weight excluding hydrogens is 249 g/mol. The molecule has 0 spiro atoms. The molecule has 1 N–H and O–H groups in total. The van der Waals surface area contributed by atoms with Crippen LogP contribution >= 0.6 is 0 Å². The van der Waals surface area contributed by atoms with Gasteiger partial charge in [0.1, 0.15) is 5.82 Å². The van der Waals surface area contributed by atoms with E-state index in [1.807, 2.05) is 12.1 Å². The zero-order valence-corrected chi connectivity index (χ0v) is 12.6. The van der Waals surface area contributed by atoms with Crippen molar-refractivity contribution in [3.63, 3.8) is 0 Å². The molecule has 0 atom stereocenters. The number of hydrogen-bond donors (Lipinski definition) is 1. The van der Waals surface area contributed by atoms with Crippen LogP contribution in [-0.2, 0) is 6.54 Å². The second-order valence-electron chi connectivity index (χ2n) is 5.66. The first kappa shape index (κ1) is 14.7. The van der Waals surface area contributed by atoms with Crippen LogP contribution in [0.4, 0.5) is 4.39 Å². The summed E-state index contributed by atoms with van der Waals surface area (Å²) < 4.78 is 13.9. The summed E-state index contributed by atoms with van der Waals surface area (Å²) in [5.74, 6) is -0.146. The molecule has 2 aromatic carbocycles. The first-order valence-corrected chi connectivity index (χ1v) is 7.07. The fraction of sp³-hybridized carbons (Fsp3) is 0.333. The van der Waals surface area contributed by atoms with Crippen LogP contribution < -0.4 is 5.32 Å². The van der Waals surface area contributed by atoms with E-state index in [1.165, 1.54) is 16.7 Å². The maximum atomic E-state index is 13.9. The molecule has 0 amide bonds. The lowest BCUT2D eigenvalue weighted by Gasteiger charge is -2.12. The highest BCUT2D eigenvalue weighted by molar-refractivity contribution is 5.68. The number of nitrogens with one attached hydrogen (secondary N) is 1. The molecule has 0 aliphatic heterocycles. The molecule has 0 aromatic heterocycles. The summed E-state index contributed by atoms with van der Waals surface area (Å²) in [6, 6.07) is 12.1. The van der Waals surface area contributed by atoms with Gasteiger partial charge in [-0.15, -0.1) is 0 Å². The molecule has 0 fully saturated rings. The van der Waals surface area contributed by atoms with Crippen LogP contribution in [-0.4, -0.2) is 6.04 Å². The Hall–Kier alpha value is -1.67. The predicted molar refractivity (Wildman–Crippen MR) is 83.3 cm³/mol. The molecule has 0 radical (unpaired) electrons. The van der Waals surface area contributed by atoms with Gasteiger partial charge in [0.25, 0.3) is 0 Å². The van der Waals surface area contributed by atoms with Crippen LogP contribution in [0.1, 0.15) is 30.5 Å². The number of halogens is 1. The zero-order valence-electron chi connectivity index (χ0n) is 12.6. The summed E-state index contributed by atoms with van der Waals surface area (Å²) >= 11 is 0. The third kappa shape index (κ3) is 3.45. The number of benzene rings is 2. The third-order valence-electron chi connectivity index (χ3n) is 3.45. The maximum Gasteiger partial charge on any atom is 0.127 e. The summed E-state index contributed by atoms with van der Waals surface area (Å²) in [5.41, 5.74) is 5.41. The smallest absolute Gasteiger partial charge is 0.127 e. The monoisotopic (exact) mass is 271 g/mol. The van der Waals surface area contributed by atoms with Crippen LogP contribution in [0.15, 0.2) is 36.4 Å². The fourth-order valence-corrected chi connectivity index (χ4v) is 2.24. The van der Waals surface area contributed by atoms with E-state index < -0.39 is 0 Å². The second-order valence-corrected chi connectivity index (χ2v) is 5.66. The lowest BCUT2D eigenvalue weighted by Crippen LogP contribution is -2.22. The average molecular weight is 271 g/mol. The van der Waals surface area contributed by atoms with E-state index in [0.717, 1.165) is 11.1 Å². The first-order valence-electron chi connectivity index (χ1n) is 7.07. The average Bonchev–Trinajstić information content (AvgIpc) is 2.40. The highest BCUT2D eigenvalue weighted by Crippen LogP contribution is 2.26. The standard InChI is InChI=1S/C18H22FN/c1-12(2)20-11-16-10-15(7-8-18(16)19)17-9-13(3)5-6-14(17)4/h5-10,12,20H,11H2,1-4H3. The van der Waals surface area contributed by atoms with E-state index in [2.05, 4.69) is 51.2 Å². The van der Waals surface area contributed by atoms with Crippen molar-refractivity contribution >= 4 is 0 Å². The Morgan fingerprint density at radius 1 is 1.05 bits per heavy atom. The molecule has 0 saturated heterocycles. The predicted octanol–water partition coefficient (Wildman–Crippen LogP) is 4.61. The summed E-state index contributed by atoms with van der Waals surface area (Å²) in [6.45, 7) is 8.85. The van der Waals surface area contributed by atoms with Gasteiger partial charge in [-0.3, -0.25) is 0 Å². The van der Waals surface area contributed by atoms with Crippen molar-refractivity contribution in [1.82, 2.24) is 5.32 Å². The van der Waals surface area contributed by atoms with Gasteiger partial charge in [0.15, 0.2) is 0 Å². The van der Waals surface area contributed by atoms with Crippen molar-refractivity contribution in [2.45, 2.75) is 40.3 Å². The van der Waals surface area contributed by atoms with Gasteiger partial charge in [0, 0.05) is 18.2 Å². The SMILES string of the molecule is Cc1ccc(C)c(-c2ccc(F)c(CNC(C)C)c2)c1. The highest BCUT2D eigenvalue weighted by Gasteiger charge is 2.08. The Balaban J connectivity index is 2.37. The second kappa shape index (κ2) is 6.19. The van der Waals surface area contributed by atoms with Crippen LogP contribution in [0.25, 0.3) is 11.1 Å². The number of aryl methyl sites for hydroxylation is 2. The number of hydrogen-bond acceptors (Lipinski definition) is 1. The lowest BCUT2D eigenvalue weighted by atomic mass is 9.97. The number of rotatable bonds is 4. The van der Waals surface area contributed by atoms with Gasteiger partial charge in [-0.2, -0.15) is 0 Å². The van der Waals surface area contributed by atoms with Crippen molar-refractivity contribution in [1.29, 1.82) is 0 Å². The van der Waals surface area contributed by atoms with Crippen molar-refractivity contribution in [3.05, 3.63) is 58.9 Å². The van der Waals surface area contributed by atoms with Crippen molar-refractivity contribution in [2.75, 3.05) is 0 Å². The van der Waals surface area contributed by atoms with Gasteiger partial charge in [0.2, 0.25) is 0 Å². The van der Waals surface area contributed by atoms with E-state index in [9.17, 15) is 4.39 Å². The van der Waals surface area contributed by atoms with E-state index in [0.29, 0.717) is 12.6 Å². The van der Waals surface area contributed by atoms with E-state index in [-0.39, 0.29) is 5.82 Å². The van der Waals surface area contributed by atoms with E-state index in [1.54, 1.807) is 6.07 Å². The lowest BCUT2D eigenvalue weighted by molar-refractivity contribution is 0.553. The molecule has 0 aliphatic carbocycles. The molecule has 106 valence electrons. The first-order chi connectivity index (χ1) is 9.47. The molecular formula is C18H22FN. The van der Waals surface area contributed by atoms with Crippen LogP contribution in [0.5, 0.6) is 0 Å². The molecule has 1 nitrogen and oxygen atoms in total. The Labute approximate surface area is 120 Å². The Bertz CT molecular complexity index is 602. The van der Waals surface area contributed by atoms with Gasteiger partial charge in [-0.1, -0.05) is 43.7 Å². The van der Waals surface area contributed by atoms with Gasteiger partial charge in [0.05, 0.1) is 0 Å². The fourth-order valence-electron chi connectivity index (χ4n) is 2.24. The molecule has 0 saturated carbocycles. The maximum absolute atomic E-state index is 13.9. The van der Waals surface area contributed by atoms with Gasteiger partial charge in [-0.05, 0) is 42.7 Å². The Kier molecular flexibility index (Phi) is 4.56. The molecule has 0 heterocycles. The topological polar surface area (TPSA) is 12.0 Å².